The van der Waals surface area contributed by atoms with Crippen molar-refractivity contribution in [2.45, 2.75) is 38.8 Å². The molecule has 0 aliphatic carbocycles. The number of nitrogens with two attached hydrogens (primary N) is 1. The first-order valence-electron chi connectivity index (χ1n) is 5.81. The van der Waals surface area contributed by atoms with Gasteiger partial charge in [-0.05, 0) is 38.3 Å². The van der Waals surface area contributed by atoms with Crippen LogP contribution in [0.5, 0.6) is 5.75 Å². The normalized spacial score (nSPS) is 12.8. The van der Waals surface area contributed by atoms with Gasteiger partial charge in [-0.2, -0.15) is 0 Å². The highest BCUT2D eigenvalue weighted by Crippen LogP contribution is 2.21. The Morgan fingerprint density at radius 3 is 2.82 bits per heavy atom. The Morgan fingerprint density at radius 2 is 2.24 bits per heavy atom. The van der Waals surface area contributed by atoms with Crippen LogP contribution in [0.2, 0.25) is 0 Å². The van der Waals surface area contributed by atoms with E-state index in [0.29, 0.717) is 5.88 Å². The van der Waals surface area contributed by atoms with E-state index < -0.39 is 0 Å². The molecule has 4 nitrogen and oxygen atoms in total. The van der Waals surface area contributed by atoms with Crippen LogP contribution in [0.25, 0.3) is 0 Å². The SMILES string of the molecule is CC(C)Oc1cncc(C(CCCCl)NN)c1. The molecule has 1 heterocycles. The second-order valence-electron chi connectivity index (χ2n) is 4.17. The van der Waals surface area contributed by atoms with Crippen LogP contribution in [0.1, 0.15) is 38.3 Å². The maximum absolute atomic E-state index is 5.68. The lowest BCUT2D eigenvalue weighted by Crippen LogP contribution is -2.28. The molecule has 1 aromatic rings. The van der Waals surface area contributed by atoms with E-state index in [4.69, 9.17) is 22.2 Å². The summed E-state index contributed by atoms with van der Waals surface area (Å²) in [6.07, 6.45) is 5.43. The molecule has 0 aliphatic heterocycles. The van der Waals surface area contributed by atoms with Crippen LogP contribution in [0.3, 0.4) is 0 Å². The predicted octanol–water partition coefficient (Wildman–Crippen LogP) is 2.39. The van der Waals surface area contributed by atoms with E-state index in [9.17, 15) is 0 Å². The van der Waals surface area contributed by atoms with Gasteiger partial charge in [-0.15, -0.1) is 11.6 Å². The maximum Gasteiger partial charge on any atom is 0.138 e. The Hall–Kier alpha value is -0.840. The number of nitrogens with one attached hydrogen (secondary N) is 1. The number of aromatic nitrogens is 1. The third-order valence-corrected chi connectivity index (χ3v) is 2.60. The minimum absolute atomic E-state index is 0.0666. The summed E-state index contributed by atoms with van der Waals surface area (Å²) in [4.78, 5) is 4.16. The van der Waals surface area contributed by atoms with Gasteiger partial charge in [0, 0.05) is 18.1 Å². The molecule has 0 bridgehead atoms. The molecule has 0 radical (unpaired) electrons. The second kappa shape index (κ2) is 7.48. The summed E-state index contributed by atoms with van der Waals surface area (Å²) in [7, 11) is 0. The van der Waals surface area contributed by atoms with Gasteiger partial charge in [0.05, 0.1) is 12.3 Å². The van der Waals surface area contributed by atoms with Crippen LogP contribution in [0, 0.1) is 0 Å². The van der Waals surface area contributed by atoms with Gasteiger partial charge in [-0.25, -0.2) is 0 Å². The van der Waals surface area contributed by atoms with E-state index >= 15 is 0 Å². The van der Waals surface area contributed by atoms with Crippen molar-refractivity contribution < 1.29 is 4.74 Å². The lowest BCUT2D eigenvalue weighted by atomic mass is 10.1. The minimum Gasteiger partial charge on any atom is -0.489 e. The Morgan fingerprint density at radius 1 is 1.47 bits per heavy atom. The fourth-order valence-corrected chi connectivity index (χ4v) is 1.74. The molecule has 0 saturated heterocycles. The fourth-order valence-electron chi connectivity index (χ4n) is 1.59. The molecule has 1 aromatic heterocycles. The Labute approximate surface area is 107 Å². The molecule has 0 aromatic carbocycles. The lowest BCUT2D eigenvalue weighted by molar-refractivity contribution is 0.241. The van der Waals surface area contributed by atoms with Crippen LogP contribution in [0.4, 0.5) is 0 Å². The van der Waals surface area contributed by atoms with Crippen molar-refractivity contribution in [3.05, 3.63) is 24.0 Å². The number of nitrogens with zero attached hydrogens (tertiary/aromatic N) is 1. The summed E-state index contributed by atoms with van der Waals surface area (Å²) in [6, 6.07) is 2.03. The summed E-state index contributed by atoms with van der Waals surface area (Å²) >= 11 is 5.68. The van der Waals surface area contributed by atoms with E-state index in [1.807, 2.05) is 19.9 Å². The Bertz CT molecular complexity index is 333. The van der Waals surface area contributed by atoms with E-state index in [2.05, 4.69) is 10.4 Å². The van der Waals surface area contributed by atoms with Crippen LogP contribution in [0.15, 0.2) is 18.5 Å². The summed E-state index contributed by atoms with van der Waals surface area (Å²) in [5.74, 6) is 6.94. The Balaban J connectivity index is 2.73. The molecule has 0 amide bonds. The third kappa shape index (κ3) is 4.89. The van der Waals surface area contributed by atoms with Crippen molar-refractivity contribution in [1.82, 2.24) is 10.4 Å². The van der Waals surface area contributed by atoms with Gasteiger partial charge in [0.25, 0.3) is 0 Å². The van der Waals surface area contributed by atoms with Crippen molar-refractivity contribution in [1.29, 1.82) is 0 Å². The van der Waals surface area contributed by atoms with Crippen molar-refractivity contribution in [3.8, 4) is 5.75 Å². The molecular formula is C12H20ClN3O. The topological polar surface area (TPSA) is 60.2 Å². The molecule has 17 heavy (non-hydrogen) atoms. The van der Waals surface area contributed by atoms with E-state index in [0.717, 1.165) is 24.2 Å². The minimum atomic E-state index is 0.0666. The molecule has 96 valence electrons. The van der Waals surface area contributed by atoms with Crippen molar-refractivity contribution >= 4 is 11.6 Å². The number of halogens is 1. The van der Waals surface area contributed by atoms with Gasteiger partial charge in [0.15, 0.2) is 0 Å². The molecule has 0 fully saturated rings. The molecule has 1 unspecified atom stereocenters. The van der Waals surface area contributed by atoms with Crippen molar-refractivity contribution in [3.63, 3.8) is 0 Å². The molecule has 0 aliphatic rings. The lowest BCUT2D eigenvalue weighted by Gasteiger charge is -2.17. The fraction of sp³-hybridized carbons (Fsp3) is 0.583. The number of rotatable bonds is 7. The van der Waals surface area contributed by atoms with Gasteiger partial charge in [0.2, 0.25) is 0 Å². The largest absolute Gasteiger partial charge is 0.489 e. The summed E-state index contributed by atoms with van der Waals surface area (Å²) in [5, 5.41) is 0. The molecule has 1 rings (SSSR count). The summed E-state index contributed by atoms with van der Waals surface area (Å²) in [5.41, 5.74) is 3.80. The van der Waals surface area contributed by atoms with Crippen molar-refractivity contribution in [2.75, 3.05) is 5.88 Å². The quantitative estimate of drug-likeness (QED) is 0.447. The van der Waals surface area contributed by atoms with Gasteiger partial charge < -0.3 is 4.74 Å². The smallest absolute Gasteiger partial charge is 0.138 e. The van der Waals surface area contributed by atoms with Crippen LogP contribution in [-0.4, -0.2) is 17.0 Å². The molecular weight excluding hydrogens is 238 g/mol. The van der Waals surface area contributed by atoms with Gasteiger partial charge >= 0.3 is 0 Å². The van der Waals surface area contributed by atoms with Crippen LogP contribution in [-0.2, 0) is 0 Å². The van der Waals surface area contributed by atoms with E-state index in [-0.39, 0.29) is 12.1 Å². The number of pyridine rings is 1. The highest BCUT2D eigenvalue weighted by atomic mass is 35.5. The number of hydrogen-bond donors (Lipinski definition) is 2. The van der Waals surface area contributed by atoms with Crippen LogP contribution < -0.4 is 16.0 Å². The first-order valence-corrected chi connectivity index (χ1v) is 6.34. The standard InChI is InChI=1S/C12H20ClN3O/c1-9(2)17-11-6-10(7-15-8-11)12(16-14)4-3-5-13/h6-9,12,16H,3-5,14H2,1-2H3. The monoisotopic (exact) mass is 257 g/mol. The van der Waals surface area contributed by atoms with Gasteiger partial charge in [0.1, 0.15) is 5.75 Å². The molecule has 0 saturated carbocycles. The maximum atomic E-state index is 5.68. The van der Waals surface area contributed by atoms with Gasteiger partial charge in [-0.3, -0.25) is 16.3 Å². The second-order valence-corrected chi connectivity index (χ2v) is 4.55. The van der Waals surface area contributed by atoms with E-state index in [1.54, 1.807) is 12.4 Å². The first kappa shape index (κ1) is 14.2. The van der Waals surface area contributed by atoms with Crippen molar-refractivity contribution in [2.24, 2.45) is 5.84 Å². The first-order chi connectivity index (χ1) is 8.17. The van der Waals surface area contributed by atoms with E-state index in [1.165, 1.54) is 0 Å². The molecule has 1 atom stereocenters. The zero-order valence-electron chi connectivity index (χ0n) is 10.3. The van der Waals surface area contributed by atoms with Crippen LogP contribution >= 0.6 is 11.6 Å². The number of hydrogen-bond acceptors (Lipinski definition) is 4. The average molecular weight is 258 g/mol. The molecule has 0 spiro atoms. The number of alkyl halides is 1. The number of hydrazine groups is 1. The highest BCUT2D eigenvalue weighted by Gasteiger charge is 2.11. The predicted molar refractivity (Wildman–Crippen MR) is 70.0 cm³/mol. The zero-order chi connectivity index (χ0) is 12.7. The number of ether oxygens (including phenoxy) is 1. The highest BCUT2D eigenvalue weighted by molar-refractivity contribution is 6.17. The third-order valence-electron chi connectivity index (χ3n) is 2.34. The molecule has 3 N–H and O–H groups in total. The summed E-state index contributed by atoms with van der Waals surface area (Å²) in [6.45, 7) is 3.97. The average Bonchev–Trinajstić information content (AvgIpc) is 2.30. The molecule has 5 heteroatoms. The van der Waals surface area contributed by atoms with Gasteiger partial charge in [-0.1, -0.05) is 0 Å². The summed E-state index contributed by atoms with van der Waals surface area (Å²) < 4.78 is 5.60. The Kier molecular flexibility index (Phi) is 6.26. The zero-order valence-corrected chi connectivity index (χ0v) is 11.1.